The molecule has 0 aliphatic carbocycles. The molecule has 0 unspecified atom stereocenters. The molecule has 2 rings (SSSR count). The highest BCUT2D eigenvalue weighted by Gasteiger charge is 2.19. The van der Waals surface area contributed by atoms with Crippen LogP contribution < -0.4 is 10.1 Å². The molecule has 1 amide bonds. The van der Waals surface area contributed by atoms with Crippen molar-refractivity contribution in [3.63, 3.8) is 0 Å². The Morgan fingerprint density at radius 2 is 1.83 bits per heavy atom. The van der Waals surface area contributed by atoms with Crippen LogP contribution in [0.4, 0.5) is 4.79 Å². The van der Waals surface area contributed by atoms with Crippen molar-refractivity contribution in [2.45, 2.75) is 6.61 Å². The monoisotopic (exact) mass is 331 g/mol. The molecule has 7 nitrogen and oxygen atoms in total. The number of ether oxygens (including phenoxy) is 2. The minimum Gasteiger partial charge on any atom is -0.508 e. The van der Waals surface area contributed by atoms with Gasteiger partial charge >= 0.3 is 6.09 Å². The highest BCUT2D eigenvalue weighted by molar-refractivity contribution is 6.03. The maximum absolute atomic E-state index is 12.1. The van der Waals surface area contributed by atoms with E-state index in [1.165, 1.54) is 13.2 Å². The Morgan fingerprint density at radius 3 is 2.50 bits per heavy atom. The summed E-state index contributed by atoms with van der Waals surface area (Å²) in [6.45, 7) is -0.309. The summed E-state index contributed by atoms with van der Waals surface area (Å²) in [5, 5.41) is 21.5. The lowest BCUT2D eigenvalue weighted by molar-refractivity contribution is 0.0968. The number of alkyl carbamates (subject to hydrolysis) is 1. The van der Waals surface area contributed by atoms with Crippen LogP contribution in [0.3, 0.4) is 0 Å². The lowest BCUT2D eigenvalue weighted by atomic mass is 10.1. The number of benzene rings is 2. The summed E-state index contributed by atoms with van der Waals surface area (Å²) in [4.78, 5) is 23.8. The van der Waals surface area contributed by atoms with Crippen LogP contribution in [0.1, 0.15) is 15.9 Å². The van der Waals surface area contributed by atoms with Crippen LogP contribution in [0.15, 0.2) is 42.5 Å². The van der Waals surface area contributed by atoms with Gasteiger partial charge in [0.2, 0.25) is 0 Å². The summed E-state index contributed by atoms with van der Waals surface area (Å²) in [5.74, 6) is -1.25. The number of carbonyl (C=O) groups is 2. The molecule has 3 N–H and O–H groups in total. The van der Waals surface area contributed by atoms with Gasteiger partial charge in [0.25, 0.3) is 0 Å². The predicted octanol–water partition coefficient (Wildman–Crippen LogP) is 2.22. The van der Waals surface area contributed by atoms with Crippen LogP contribution in [-0.4, -0.2) is 35.7 Å². The molecule has 2 aromatic carbocycles. The molecule has 0 saturated carbocycles. The highest BCUT2D eigenvalue weighted by atomic mass is 16.5. The molecule has 0 bridgehead atoms. The molecule has 0 fully saturated rings. The van der Waals surface area contributed by atoms with Gasteiger partial charge in [0, 0.05) is 12.1 Å². The van der Waals surface area contributed by atoms with Gasteiger partial charge < -0.3 is 25.0 Å². The Hall–Kier alpha value is -3.22. The third kappa shape index (κ3) is 4.39. The summed E-state index contributed by atoms with van der Waals surface area (Å²) >= 11 is 0. The smallest absolute Gasteiger partial charge is 0.407 e. The zero-order chi connectivity index (χ0) is 17.5. The number of carbonyl (C=O) groups excluding carboxylic acids is 2. The van der Waals surface area contributed by atoms with E-state index >= 15 is 0 Å². The maximum atomic E-state index is 12.1. The second-order valence-corrected chi connectivity index (χ2v) is 4.88. The molecule has 24 heavy (non-hydrogen) atoms. The minimum atomic E-state index is -0.760. The van der Waals surface area contributed by atoms with Gasteiger partial charge in [0.15, 0.2) is 5.78 Å². The fourth-order valence-electron chi connectivity index (χ4n) is 2.04. The first-order valence-corrected chi connectivity index (χ1v) is 7.09. The van der Waals surface area contributed by atoms with Crippen molar-refractivity contribution in [1.82, 2.24) is 5.32 Å². The van der Waals surface area contributed by atoms with Crippen LogP contribution in [0.2, 0.25) is 0 Å². The maximum Gasteiger partial charge on any atom is 0.407 e. The fraction of sp³-hybridized carbons (Fsp3) is 0.176. The number of ketones is 1. The predicted molar refractivity (Wildman–Crippen MR) is 85.3 cm³/mol. The van der Waals surface area contributed by atoms with E-state index in [1.807, 2.05) is 18.2 Å². The van der Waals surface area contributed by atoms with E-state index in [0.717, 1.165) is 11.6 Å². The first-order chi connectivity index (χ1) is 11.5. The van der Waals surface area contributed by atoms with Gasteiger partial charge in [0.1, 0.15) is 29.4 Å². The number of amides is 1. The van der Waals surface area contributed by atoms with Crippen molar-refractivity contribution in [3.8, 4) is 17.2 Å². The Morgan fingerprint density at radius 1 is 1.12 bits per heavy atom. The Labute approximate surface area is 138 Å². The molecule has 0 aromatic heterocycles. The molecule has 0 saturated heterocycles. The zero-order valence-electron chi connectivity index (χ0n) is 13.0. The van der Waals surface area contributed by atoms with Crippen molar-refractivity contribution in [2.75, 3.05) is 13.7 Å². The second-order valence-electron chi connectivity index (χ2n) is 4.88. The van der Waals surface area contributed by atoms with E-state index in [1.54, 1.807) is 12.1 Å². The van der Waals surface area contributed by atoms with Crippen molar-refractivity contribution in [1.29, 1.82) is 0 Å². The van der Waals surface area contributed by atoms with E-state index in [4.69, 9.17) is 9.47 Å². The van der Waals surface area contributed by atoms with Crippen molar-refractivity contribution in [3.05, 3.63) is 53.6 Å². The van der Waals surface area contributed by atoms with Crippen LogP contribution in [0.5, 0.6) is 17.2 Å². The van der Waals surface area contributed by atoms with Gasteiger partial charge in [-0.05, 0) is 5.56 Å². The number of phenolic OH excluding ortho intramolecular Hbond substituents is 2. The molecule has 126 valence electrons. The molecule has 0 radical (unpaired) electrons. The van der Waals surface area contributed by atoms with E-state index < -0.39 is 17.6 Å². The standard InChI is InChI=1S/C17H17NO6/c1-23-15-8-12(19)7-13(20)16(15)14(21)9-18-17(22)24-10-11-5-3-2-4-6-11/h2-8,19-20H,9-10H2,1H3,(H,18,22). The number of hydrogen-bond donors (Lipinski definition) is 3. The van der Waals surface area contributed by atoms with Gasteiger partial charge in [-0.25, -0.2) is 4.79 Å². The number of aromatic hydroxyl groups is 2. The number of Topliss-reactive ketones (excluding diaryl/α,β-unsaturated/α-hetero) is 1. The summed E-state index contributed by atoms with van der Waals surface area (Å²) < 4.78 is 9.94. The molecule has 2 aromatic rings. The van der Waals surface area contributed by atoms with E-state index in [-0.39, 0.29) is 30.2 Å². The first kappa shape index (κ1) is 17.1. The molecule has 0 aliphatic heterocycles. The van der Waals surface area contributed by atoms with Crippen molar-refractivity contribution in [2.24, 2.45) is 0 Å². The van der Waals surface area contributed by atoms with Crippen LogP contribution >= 0.6 is 0 Å². The van der Waals surface area contributed by atoms with Gasteiger partial charge in [-0.2, -0.15) is 0 Å². The van der Waals surface area contributed by atoms with Gasteiger partial charge in [-0.15, -0.1) is 0 Å². The molecule has 0 atom stereocenters. The topological polar surface area (TPSA) is 105 Å². The van der Waals surface area contributed by atoms with Crippen LogP contribution in [0, 0.1) is 0 Å². The largest absolute Gasteiger partial charge is 0.508 e. The Kier molecular flexibility index (Phi) is 5.62. The molecular weight excluding hydrogens is 314 g/mol. The highest BCUT2D eigenvalue weighted by Crippen LogP contribution is 2.32. The second kappa shape index (κ2) is 7.87. The molecule has 7 heteroatoms. The van der Waals surface area contributed by atoms with Crippen molar-refractivity contribution >= 4 is 11.9 Å². The summed E-state index contributed by atoms with van der Waals surface area (Å²) in [5.41, 5.74) is 0.690. The first-order valence-electron chi connectivity index (χ1n) is 7.09. The molecule has 0 spiro atoms. The lowest BCUT2D eigenvalue weighted by Gasteiger charge is -2.11. The molecule has 0 aliphatic rings. The van der Waals surface area contributed by atoms with Gasteiger partial charge in [-0.1, -0.05) is 30.3 Å². The van der Waals surface area contributed by atoms with Gasteiger partial charge in [-0.3, -0.25) is 4.79 Å². The van der Waals surface area contributed by atoms with Crippen LogP contribution in [-0.2, 0) is 11.3 Å². The zero-order valence-corrected chi connectivity index (χ0v) is 13.0. The van der Waals surface area contributed by atoms with Crippen molar-refractivity contribution < 1.29 is 29.3 Å². The Bertz CT molecular complexity index is 729. The number of rotatable bonds is 6. The van der Waals surface area contributed by atoms with Gasteiger partial charge in [0.05, 0.1) is 13.7 Å². The summed E-state index contributed by atoms with van der Waals surface area (Å²) in [6, 6.07) is 11.3. The Balaban J connectivity index is 1.92. The quantitative estimate of drug-likeness (QED) is 0.701. The van der Waals surface area contributed by atoms with E-state index in [2.05, 4.69) is 5.32 Å². The number of methoxy groups -OCH3 is 1. The van der Waals surface area contributed by atoms with E-state index in [9.17, 15) is 19.8 Å². The minimum absolute atomic E-state index is 0.0111. The number of phenols is 2. The van der Waals surface area contributed by atoms with Crippen LogP contribution in [0.25, 0.3) is 0 Å². The number of nitrogens with one attached hydrogen (secondary N) is 1. The third-order valence-corrected chi connectivity index (χ3v) is 3.17. The third-order valence-electron chi connectivity index (χ3n) is 3.17. The van der Waals surface area contributed by atoms with E-state index in [0.29, 0.717) is 0 Å². The average Bonchev–Trinajstić information content (AvgIpc) is 2.58. The summed E-state index contributed by atoms with van der Waals surface area (Å²) in [6.07, 6.45) is -0.760. The normalized spacial score (nSPS) is 10.0. The molecular formula is C17H17NO6. The summed E-state index contributed by atoms with van der Waals surface area (Å²) in [7, 11) is 1.30. The average molecular weight is 331 g/mol. The number of hydrogen-bond acceptors (Lipinski definition) is 6. The lowest BCUT2D eigenvalue weighted by Crippen LogP contribution is -2.30. The SMILES string of the molecule is COc1cc(O)cc(O)c1C(=O)CNC(=O)OCc1ccccc1. The fourth-order valence-corrected chi connectivity index (χ4v) is 2.04. The molecule has 0 heterocycles.